The van der Waals surface area contributed by atoms with Gasteiger partial charge in [-0.1, -0.05) is 6.92 Å². The molecular weight excluding hydrogens is 388 g/mol. The highest BCUT2D eigenvalue weighted by Gasteiger charge is 2.00. The Bertz CT molecular complexity index is 373. The quantitative estimate of drug-likeness (QED) is 0.213. The highest BCUT2D eigenvalue weighted by molar-refractivity contribution is 5.68. The van der Waals surface area contributed by atoms with Gasteiger partial charge < -0.3 is 30.6 Å². The highest BCUT2D eigenvalue weighted by atomic mass is 16.4. The lowest BCUT2D eigenvalue weighted by molar-refractivity contribution is -0.139. The fourth-order valence-electron chi connectivity index (χ4n) is 1.80. The number of hydrogen-bond donors (Lipinski definition) is 6. The molecule has 0 aromatic rings. The zero-order valence-corrected chi connectivity index (χ0v) is 17.1. The molecule has 0 saturated carbocycles. The topological polar surface area (TPSA) is 190 Å². The average Bonchev–Trinajstić information content (AvgIpc) is 2.63. The van der Waals surface area contributed by atoms with E-state index >= 15 is 0 Å². The Balaban J connectivity index is -0.000000350. The molecule has 0 rings (SSSR count). The molecule has 0 aliphatic heterocycles. The molecule has 0 saturated heterocycles. The van der Waals surface area contributed by atoms with Gasteiger partial charge in [0, 0.05) is 32.3 Å². The number of unbranched alkanes of at least 4 members (excludes halogenated alkanes) is 3. The molecule has 0 amide bonds. The molecule has 1 unspecified atom stereocenters. The Morgan fingerprint density at radius 1 is 0.621 bits per heavy atom. The predicted octanol–water partition coefficient (Wildman–Crippen LogP) is 2.35. The van der Waals surface area contributed by atoms with Crippen molar-refractivity contribution in [2.24, 2.45) is 0 Å². The first-order valence-electron chi connectivity index (χ1n) is 9.72. The van der Waals surface area contributed by atoms with E-state index in [2.05, 4.69) is 0 Å². The molecule has 10 nitrogen and oxygen atoms in total. The van der Waals surface area contributed by atoms with Crippen LogP contribution in [0.3, 0.4) is 0 Å². The number of rotatable bonds is 15. The van der Waals surface area contributed by atoms with Crippen LogP contribution in [0, 0.1) is 0 Å². The number of aliphatic carboxylic acids is 4. The van der Waals surface area contributed by atoms with E-state index < -0.39 is 23.9 Å². The van der Waals surface area contributed by atoms with Crippen molar-refractivity contribution < 1.29 is 49.8 Å². The summed E-state index contributed by atoms with van der Waals surface area (Å²) in [5.41, 5.74) is 0. The summed E-state index contributed by atoms with van der Waals surface area (Å²) in [6, 6.07) is 0. The second kappa shape index (κ2) is 23.8. The van der Waals surface area contributed by atoms with Crippen molar-refractivity contribution in [1.29, 1.82) is 0 Å². The molecule has 0 heterocycles. The van der Waals surface area contributed by atoms with Crippen molar-refractivity contribution in [3.63, 3.8) is 0 Å². The zero-order chi connectivity index (χ0) is 23.1. The number of aliphatic hydroxyl groups excluding tert-OH is 2. The summed E-state index contributed by atoms with van der Waals surface area (Å²) in [5, 5.41) is 49.9. The third-order valence-corrected chi connectivity index (χ3v) is 3.48. The third kappa shape index (κ3) is 41.3. The molecule has 172 valence electrons. The van der Waals surface area contributed by atoms with Crippen LogP contribution in [0.2, 0.25) is 0 Å². The highest BCUT2D eigenvalue weighted by Crippen LogP contribution is 2.02. The molecule has 0 aromatic heterocycles. The second-order valence-corrected chi connectivity index (χ2v) is 6.27. The molecule has 0 bridgehead atoms. The average molecular weight is 424 g/mol. The predicted molar refractivity (Wildman–Crippen MR) is 105 cm³/mol. The molecule has 0 fully saturated rings. The Kier molecular flexibility index (Phi) is 25.9. The Morgan fingerprint density at radius 2 is 0.931 bits per heavy atom. The van der Waals surface area contributed by atoms with Crippen LogP contribution in [0.5, 0.6) is 0 Å². The van der Waals surface area contributed by atoms with Crippen LogP contribution in [0.15, 0.2) is 0 Å². The molecule has 0 aromatic carbocycles. The Hall–Kier alpha value is -2.20. The fraction of sp³-hybridized carbons (Fsp3) is 0.789. The zero-order valence-electron chi connectivity index (χ0n) is 17.1. The maximum atomic E-state index is 9.90. The van der Waals surface area contributed by atoms with Gasteiger partial charge in [0.2, 0.25) is 0 Å². The maximum Gasteiger partial charge on any atom is 0.303 e. The summed E-state index contributed by atoms with van der Waals surface area (Å²) < 4.78 is 0. The van der Waals surface area contributed by atoms with E-state index in [9.17, 15) is 19.2 Å². The van der Waals surface area contributed by atoms with Crippen LogP contribution in [0.4, 0.5) is 0 Å². The summed E-state index contributed by atoms with van der Waals surface area (Å²) in [6.07, 6.45) is 5.29. The minimum Gasteiger partial charge on any atom is -0.481 e. The molecular formula is C19H36O10. The summed E-state index contributed by atoms with van der Waals surface area (Å²) in [6.45, 7) is 2.21. The maximum absolute atomic E-state index is 9.90. The van der Waals surface area contributed by atoms with Gasteiger partial charge >= 0.3 is 23.9 Å². The number of hydrogen-bond acceptors (Lipinski definition) is 6. The van der Waals surface area contributed by atoms with Crippen LogP contribution in [0.25, 0.3) is 0 Å². The van der Waals surface area contributed by atoms with E-state index in [1.807, 2.05) is 6.92 Å². The van der Waals surface area contributed by atoms with Crippen LogP contribution < -0.4 is 0 Å². The summed E-state index contributed by atoms with van der Waals surface area (Å²) in [7, 11) is 0. The largest absolute Gasteiger partial charge is 0.481 e. The Labute approximate surface area is 171 Å². The van der Waals surface area contributed by atoms with E-state index in [1.165, 1.54) is 0 Å². The summed E-state index contributed by atoms with van der Waals surface area (Å²) in [4.78, 5) is 39.6. The van der Waals surface area contributed by atoms with Gasteiger partial charge in [-0.3, -0.25) is 19.2 Å². The smallest absolute Gasteiger partial charge is 0.303 e. The van der Waals surface area contributed by atoms with Crippen molar-refractivity contribution in [1.82, 2.24) is 0 Å². The molecule has 10 heteroatoms. The van der Waals surface area contributed by atoms with Crippen LogP contribution >= 0.6 is 0 Å². The van der Waals surface area contributed by atoms with Crippen molar-refractivity contribution in [2.75, 3.05) is 6.61 Å². The number of carboxylic acids is 4. The molecule has 1 atom stereocenters. The molecule has 29 heavy (non-hydrogen) atoms. The van der Waals surface area contributed by atoms with Gasteiger partial charge in [-0.25, -0.2) is 0 Å². The minimum atomic E-state index is -0.870. The van der Waals surface area contributed by atoms with Crippen molar-refractivity contribution in [2.45, 2.75) is 90.1 Å². The lowest BCUT2D eigenvalue weighted by atomic mass is 10.1. The van der Waals surface area contributed by atoms with Crippen molar-refractivity contribution in [3.05, 3.63) is 0 Å². The van der Waals surface area contributed by atoms with Gasteiger partial charge in [-0.05, 0) is 51.4 Å². The van der Waals surface area contributed by atoms with Crippen LogP contribution in [-0.4, -0.2) is 67.2 Å². The molecule has 0 spiro atoms. The molecule has 0 aliphatic rings. The number of aliphatic hydroxyl groups is 2. The number of carboxylic acid groups (broad SMARTS) is 4. The normalized spacial score (nSPS) is 10.6. The number of carbonyl (C=O) groups is 4. The molecule has 0 radical (unpaired) electrons. The minimum absolute atomic E-state index is 0.0628. The second-order valence-electron chi connectivity index (χ2n) is 6.27. The van der Waals surface area contributed by atoms with E-state index in [4.69, 9.17) is 30.6 Å². The van der Waals surface area contributed by atoms with E-state index in [0.29, 0.717) is 25.7 Å². The molecule has 0 aliphatic carbocycles. The summed E-state index contributed by atoms with van der Waals surface area (Å²) in [5.74, 6) is -3.48. The first-order chi connectivity index (χ1) is 13.6. The van der Waals surface area contributed by atoms with Crippen molar-refractivity contribution >= 4 is 23.9 Å². The van der Waals surface area contributed by atoms with Gasteiger partial charge in [0.15, 0.2) is 0 Å². The van der Waals surface area contributed by atoms with Gasteiger partial charge in [0.1, 0.15) is 0 Å². The van der Waals surface area contributed by atoms with Crippen LogP contribution in [0.1, 0.15) is 84.0 Å². The van der Waals surface area contributed by atoms with Crippen LogP contribution in [-0.2, 0) is 19.2 Å². The SMILES string of the molecule is CCC(O)CCCCO.O=C(O)CCCCC(=O)O.O=C(O)CCCCC(=O)O. The first kappa shape index (κ1) is 31.5. The lowest BCUT2D eigenvalue weighted by Crippen LogP contribution is -2.03. The third-order valence-electron chi connectivity index (χ3n) is 3.48. The van der Waals surface area contributed by atoms with Gasteiger partial charge in [0.25, 0.3) is 0 Å². The van der Waals surface area contributed by atoms with Gasteiger partial charge in [-0.15, -0.1) is 0 Å². The van der Waals surface area contributed by atoms with E-state index in [0.717, 1.165) is 25.7 Å². The first-order valence-corrected chi connectivity index (χ1v) is 9.72. The lowest BCUT2D eigenvalue weighted by Gasteiger charge is -2.04. The Morgan fingerprint density at radius 3 is 1.14 bits per heavy atom. The summed E-state index contributed by atoms with van der Waals surface area (Å²) >= 11 is 0. The standard InChI is InChI=1S/C7H16O2.2C6H10O4/c1-2-7(9)5-3-4-6-8;2*7-5(8)3-1-2-4-6(9)10/h7-9H,2-6H2,1H3;2*1-4H2,(H,7,8)(H,9,10). The fourth-order valence-corrected chi connectivity index (χ4v) is 1.80. The van der Waals surface area contributed by atoms with Crippen molar-refractivity contribution in [3.8, 4) is 0 Å². The van der Waals surface area contributed by atoms with E-state index in [1.54, 1.807) is 0 Å². The molecule has 6 N–H and O–H groups in total. The van der Waals surface area contributed by atoms with Gasteiger partial charge in [-0.2, -0.15) is 0 Å². The van der Waals surface area contributed by atoms with Gasteiger partial charge in [0.05, 0.1) is 6.10 Å². The van der Waals surface area contributed by atoms with E-state index in [-0.39, 0.29) is 38.4 Å². The monoisotopic (exact) mass is 424 g/mol.